The van der Waals surface area contributed by atoms with Gasteiger partial charge in [-0.05, 0) is 25.0 Å². The van der Waals surface area contributed by atoms with Crippen LogP contribution in [-0.4, -0.2) is 5.97 Å². The van der Waals surface area contributed by atoms with Gasteiger partial charge in [-0.25, -0.2) is 0 Å². The zero-order valence-electron chi connectivity index (χ0n) is 8.98. The summed E-state index contributed by atoms with van der Waals surface area (Å²) in [7, 11) is 0. The van der Waals surface area contributed by atoms with Crippen LogP contribution in [0.2, 0.25) is 0 Å². The van der Waals surface area contributed by atoms with Crippen molar-refractivity contribution in [3.05, 3.63) is 42.5 Å². The Morgan fingerprint density at radius 3 is 2.67 bits per heavy atom. The third-order valence-corrected chi connectivity index (χ3v) is 1.89. The van der Waals surface area contributed by atoms with Crippen LogP contribution in [0.4, 0.5) is 0 Å². The van der Waals surface area contributed by atoms with E-state index in [2.05, 4.69) is 13.0 Å². The van der Waals surface area contributed by atoms with Crippen molar-refractivity contribution in [2.24, 2.45) is 0 Å². The van der Waals surface area contributed by atoms with Crippen molar-refractivity contribution < 1.29 is 9.53 Å². The van der Waals surface area contributed by atoms with Gasteiger partial charge >= 0.3 is 5.97 Å². The average Bonchev–Trinajstić information content (AvgIpc) is 2.26. The summed E-state index contributed by atoms with van der Waals surface area (Å²) in [6.07, 6.45) is 6.25. The van der Waals surface area contributed by atoms with Gasteiger partial charge in [0, 0.05) is 6.42 Å². The minimum absolute atomic E-state index is 0.179. The molecule has 0 spiro atoms. The summed E-state index contributed by atoms with van der Waals surface area (Å²) in [6.45, 7) is 2.07. The first-order chi connectivity index (χ1) is 7.33. The molecule has 1 rings (SSSR count). The molecular weight excluding hydrogens is 188 g/mol. The highest BCUT2D eigenvalue weighted by molar-refractivity contribution is 5.72. The second-order valence-electron chi connectivity index (χ2n) is 3.21. The van der Waals surface area contributed by atoms with E-state index >= 15 is 0 Å². The predicted molar refractivity (Wildman–Crippen MR) is 60.7 cm³/mol. The number of carbonyl (C=O) groups excluding carboxylic acids is 1. The van der Waals surface area contributed by atoms with Crippen LogP contribution >= 0.6 is 0 Å². The summed E-state index contributed by atoms with van der Waals surface area (Å²) in [5.74, 6) is 0.434. The van der Waals surface area contributed by atoms with Gasteiger partial charge in [-0.1, -0.05) is 37.3 Å². The second-order valence-corrected chi connectivity index (χ2v) is 3.21. The average molecular weight is 204 g/mol. The maximum Gasteiger partial charge on any atom is 0.311 e. The van der Waals surface area contributed by atoms with Crippen molar-refractivity contribution in [3.8, 4) is 5.75 Å². The summed E-state index contributed by atoms with van der Waals surface area (Å²) in [6, 6.07) is 9.14. The van der Waals surface area contributed by atoms with Gasteiger partial charge in [-0.15, -0.1) is 0 Å². The number of benzene rings is 1. The van der Waals surface area contributed by atoms with Crippen LogP contribution in [0.25, 0.3) is 0 Å². The highest BCUT2D eigenvalue weighted by Crippen LogP contribution is 2.09. The summed E-state index contributed by atoms with van der Waals surface area (Å²) in [5, 5.41) is 0. The van der Waals surface area contributed by atoms with Crippen molar-refractivity contribution in [1.82, 2.24) is 0 Å². The van der Waals surface area contributed by atoms with Crippen molar-refractivity contribution in [2.45, 2.75) is 26.2 Å². The molecule has 80 valence electrons. The molecule has 0 unspecified atom stereocenters. The van der Waals surface area contributed by atoms with E-state index < -0.39 is 0 Å². The molecular formula is C13H16O2. The fourth-order valence-electron chi connectivity index (χ4n) is 1.16. The van der Waals surface area contributed by atoms with Gasteiger partial charge in [0.05, 0.1) is 0 Å². The third-order valence-electron chi connectivity index (χ3n) is 1.89. The Morgan fingerprint density at radius 1 is 1.27 bits per heavy atom. The summed E-state index contributed by atoms with van der Waals surface area (Å²) >= 11 is 0. The predicted octanol–water partition coefficient (Wildman–Crippen LogP) is 3.34. The van der Waals surface area contributed by atoms with Crippen molar-refractivity contribution in [1.29, 1.82) is 0 Å². The molecule has 0 atom stereocenters. The maximum atomic E-state index is 11.3. The number of ether oxygens (including phenoxy) is 1. The van der Waals surface area contributed by atoms with Crippen molar-refractivity contribution in [3.63, 3.8) is 0 Å². The van der Waals surface area contributed by atoms with Gasteiger partial charge in [0.2, 0.25) is 0 Å². The van der Waals surface area contributed by atoms with Gasteiger partial charge in [0.15, 0.2) is 0 Å². The van der Waals surface area contributed by atoms with Crippen LogP contribution in [0, 0.1) is 0 Å². The van der Waals surface area contributed by atoms with E-state index in [1.165, 1.54) is 0 Å². The molecule has 15 heavy (non-hydrogen) atoms. The number of para-hydroxylation sites is 1. The summed E-state index contributed by atoms with van der Waals surface area (Å²) < 4.78 is 5.12. The Kier molecular flexibility index (Phi) is 5.23. The Hall–Kier alpha value is -1.57. The molecule has 0 N–H and O–H groups in total. The van der Waals surface area contributed by atoms with Crippen molar-refractivity contribution in [2.75, 3.05) is 0 Å². The number of hydrogen-bond donors (Lipinski definition) is 0. The van der Waals surface area contributed by atoms with Crippen LogP contribution in [0.1, 0.15) is 26.2 Å². The topological polar surface area (TPSA) is 26.3 Å². The fourth-order valence-corrected chi connectivity index (χ4v) is 1.16. The normalized spacial score (nSPS) is 10.5. The van der Waals surface area contributed by atoms with Crippen LogP contribution in [0.15, 0.2) is 42.5 Å². The zero-order chi connectivity index (χ0) is 10.9. The quantitative estimate of drug-likeness (QED) is 0.417. The first-order valence-corrected chi connectivity index (χ1v) is 5.23. The molecule has 0 aliphatic rings. The van der Waals surface area contributed by atoms with E-state index in [0.717, 1.165) is 12.8 Å². The molecule has 0 bridgehead atoms. The number of carbonyl (C=O) groups is 1. The van der Waals surface area contributed by atoms with Gasteiger partial charge < -0.3 is 4.74 Å². The van der Waals surface area contributed by atoms with Crippen LogP contribution in [0.3, 0.4) is 0 Å². The zero-order valence-corrected chi connectivity index (χ0v) is 8.98. The number of rotatable bonds is 5. The van der Waals surface area contributed by atoms with Crippen LogP contribution in [0.5, 0.6) is 5.75 Å². The lowest BCUT2D eigenvalue weighted by Gasteiger charge is -2.01. The minimum Gasteiger partial charge on any atom is -0.427 e. The maximum absolute atomic E-state index is 11.3. The molecule has 0 radical (unpaired) electrons. The highest BCUT2D eigenvalue weighted by atomic mass is 16.5. The Morgan fingerprint density at radius 2 is 2.00 bits per heavy atom. The first-order valence-electron chi connectivity index (χ1n) is 5.23. The molecule has 0 aliphatic carbocycles. The summed E-state index contributed by atoms with van der Waals surface area (Å²) in [5.41, 5.74) is 0. The SMILES string of the molecule is CC/C=C\CCC(=O)Oc1ccccc1. The molecule has 0 amide bonds. The van der Waals surface area contributed by atoms with Gasteiger partial charge in [0.25, 0.3) is 0 Å². The standard InChI is InChI=1S/C13H16O2/c1-2-3-4-8-11-13(14)15-12-9-6-5-7-10-12/h3-7,9-10H,2,8,11H2,1H3/b4-3-. The monoisotopic (exact) mass is 204 g/mol. The molecule has 0 saturated heterocycles. The van der Waals surface area contributed by atoms with E-state index in [1.807, 2.05) is 24.3 Å². The third kappa shape index (κ3) is 5.01. The lowest BCUT2D eigenvalue weighted by molar-refractivity contribution is -0.134. The van der Waals surface area contributed by atoms with E-state index in [0.29, 0.717) is 12.2 Å². The molecule has 2 nitrogen and oxygen atoms in total. The Bertz CT molecular complexity index is 315. The Balaban J connectivity index is 2.28. The van der Waals surface area contributed by atoms with Crippen LogP contribution < -0.4 is 4.74 Å². The highest BCUT2D eigenvalue weighted by Gasteiger charge is 2.01. The Labute approximate surface area is 90.6 Å². The molecule has 0 saturated carbocycles. The fraction of sp³-hybridized carbons (Fsp3) is 0.308. The van der Waals surface area contributed by atoms with Crippen molar-refractivity contribution >= 4 is 5.97 Å². The molecule has 0 aliphatic heterocycles. The molecule has 0 fully saturated rings. The second kappa shape index (κ2) is 6.82. The largest absolute Gasteiger partial charge is 0.427 e. The smallest absolute Gasteiger partial charge is 0.311 e. The first kappa shape index (κ1) is 11.5. The molecule has 1 aromatic carbocycles. The van der Waals surface area contributed by atoms with E-state index in [-0.39, 0.29) is 5.97 Å². The number of allylic oxidation sites excluding steroid dienone is 2. The lowest BCUT2D eigenvalue weighted by Crippen LogP contribution is -2.06. The number of hydrogen-bond acceptors (Lipinski definition) is 2. The summed E-state index contributed by atoms with van der Waals surface area (Å²) in [4.78, 5) is 11.3. The van der Waals surface area contributed by atoms with Gasteiger partial charge in [-0.2, -0.15) is 0 Å². The molecule has 0 aromatic heterocycles. The van der Waals surface area contributed by atoms with E-state index in [4.69, 9.17) is 4.74 Å². The molecule has 1 aromatic rings. The van der Waals surface area contributed by atoms with Gasteiger partial charge in [-0.3, -0.25) is 4.79 Å². The van der Waals surface area contributed by atoms with Crippen LogP contribution in [-0.2, 0) is 4.79 Å². The lowest BCUT2D eigenvalue weighted by atomic mass is 10.2. The number of esters is 1. The molecule has 0 heterocycles. The van der Waals surface area contributed by atoms with Gasteiger partial charge in [0.1, 0.15) is 5.75 Å². The molecule has 2 heteroatoms. The van der Waals surface area contributed by atoms with E-state index in [1.54, 1.807) is 12.1 Å². The van der Waals surface area contributed by atoms with E-state index in [9.17, 15) is 4.79 Å². The minimum atomic E-state index is -0.179.